The third kappa shape index (κ3) is 5.08. The van der Waals surface area contributed by atoms with Crippen molar-refractivity contribution >= 4 is 27.5 Å². The van der Waals surface area contributed by atoms with Crippen LogP contribution >= 0.6 is 0 Å². The van der Waals surface area contributed by atoms with E-state index in [2.05, 4.69) is 10.1 Å². The molecule has 2 N–H and O–H groups in total. The van der Waals surface area contributed by atoms with Gasteiger partial charge in [0.1, 0.15) is 5.75 Å². The number of methoxy groups -OCH3 is 1. The van der Waals surface area contributed by atoms with E-state index in [1.54, 1.807) is 18.2 Å². The quantitative estimate of drug-likeness (QED) is 0.581. The van der Waals surface area contributed by atoms with Crippen molar-refractivity contribution in [2.24, 2.45) is 0 Å². The average Bonchev–Trinajstić information content (AvgIpc) is 2.27. The van der Waals surface area contributed by atoms with E-state index >= 15 is 0 Å². The van der Waals surface area contributed by atoms with E-state index < -0.39 is 33.7 Å². The highest BCUT2D eigenvalue weighted by molar-refractivity contribution is 7.86. The maximum Gasteiger partial charge on any atom is 0.272 e. The fraction of sp³-hybridized carbons (Fsp3) is 0.333. The molecule has 1 amide bonds. The summed E-state index contributed by atoms with van der Waals surface area (Å²) in [6.07, 6.45) is -1.60. The number of nitrogens with one attached hydrogen (secondary N) is 1. The lowest BCUT2D eigenvalue weighted by atomic mass is 10.2. The summed E-state index contributed by atoms with van der Waals surface area (Å²) in [5.74, 6) is -3.01. The standard InChI is InChI=1S/C12H15NO6S/c1-8-4-3-5-9(6-8)13-12(15)11(19-2)10(14)7-20(16,17)18/h3-6,11H,7H2,1-2H3,(H,13,15)(H,16,17,18). The number of amides is 1. The number of ketones is 1. The first-order chi connectivity index (χ1) is 9.23. The second-order valence-electron chi connectivity index (χ2n) is 4.17. The topological polar surface area (TPSA) is 110 Å². The second kappa shape index (κ2) is 6.60. The Morgan fingerprint density at radius 1 is 1.40 bits per heavy atom. The summed E-state index contributed by atoms with van der Waals surface area (Å²) in [7, 11) is -3.40. The van der Waals surface area contributed by atoms with Crippen LogP contribution in [0.25, 0.3) is 0 Å². The molecule has 0 spiro atoms. The molecule has 0 saturated heterocycles. The summed E-state index contributed by atoms with van der Waals surface area (Å²) in [6, 6.07) is 6.84. The van der Waals surface area contributed by atoms with Crippen molar-refractivity contribution in [2.45, 2.75) is 13.0 Å². The van der Waals surface area contributed by atoms with Crippen LogP contribution in [-0.2, 0) is 24.4 Å². The van der Waals surface area contributed by atoms with Gasteiger partial charge < -0.3 is 10.1 Å². The Morgan fingerprint density at radius 2 is 2.05 bits per heavy atom. The minimum absolute atomic E-state index is 0.455. The van der Waals surface area contributed by atoms with Gasteiger partial charge in [0.05, 0.1) is 0 Å². The van der Waals surface area contributed by atoms with Crippen LogP contribution < -0.4 is 5.32 Å². The monoisotopic (exact) mass is 301 g/mol. The van der Waals surface area contributed by atoms with Crippen molar-refractivity contribution in [3.63, 3.8) is 0 Å². The van der Waals surface area contributed by atoms with Gasteiger partial charge in [0.25, 0.3) is 16.0 Å². The van der Waals surface area contributed by atoms with Gasteiger partial charge in [-0.1, -0.05) is 12.1 Å². The number of aryl methyl sites for hydroxylation is 1. The maximum absolute atomic E-state index is 11.8. The zero-order chi connectivity index (χ0) is 15.3. The largest absolute Gasteiger partial charge is 0.364 e. The molecule has 20 heavy (non-hydrogen) atoms. The zero-order valence-electron chi connectivity index (χ0n) is 11.0. The van der Waals surface area contributed by atoms with Crippen molar-refractivity contribution in [1.82, 2.24) is 0 Å². The van der Waals surface area contributed by atoms with Crippen molar-refractivity contribution in [3.8, 4) is 0 Å². The number of hydrogen-bond acceptors (Lipinski definition) is 5. The van der Waals surface area contributed by atoms with E-state index in [9.17, 15) is 18.0 Å². The number of ether oxygens (including phenoxy) is 1. The van der Waals surface area contributed by atoms with Gasteiger partial charge in [-0.2, -0.15) is 8.42 Å². The van der Waals surface area contributed by atoms with Gasteiger partial charge in [-0.3, -0.25) is 14.1 Å². The molecule has 1 aromatic carbocycles. The molecule has 0 heterocycles. The fourth-order valence-corrected chi connectivity index (χ4v) is 2.08. The van der Waals surface area contributed by atoms with Gasteiger partial charge in [-0.15, -0.1) is 0 Å². The van der Waals surface area contributed by atoms with Crippen LogP contribution in [0.4, 0.5) is 5.69 Å². The van der Waals surface area contributed by atoms with Gasteiger partial charge in [0.15, 0.2) is 11.9 Å². The molecule has 0 radical (unpaired) electrons. The van der Waals surface area contributed by atoms with E-state index in [0.29, 0.717) is 5.69 Å². The normalized spacial score (nSPS) is 12.8. The summed E-state index contributed by atoms with van der Waals surface area (Å²) in [6.45, 7) is 1.83. The fourth-order valence-electron chi connectivity index (χ4n) is 1.57. The molecular formula is C12H15NO6S. The zero-order valence-corrected chi connectivity index (χ0v) is 11.8. The van der Waals surface area contributed by atoms with Gasteiger partial charge in [0.2, 0.25) is 0 Å². The minimum Gasteiger partial charge on any atom is -0.364 e. The van der Waals surface area contributed by atoms with Gasteiger partial charge in [0, 0.05) is 12.8 Å². The number of hydrogen-bond donors (Lipinski definition) is 2. The first-order valence-electron chi connectivity index (χ1n) is 5.61. The predicted octanol–water partition coefficient (Wildman–Crippen LogP) is 0.405. The molecule has 1 unspecified atom stereocenters. The average molecular weight is 301 g/mol. The molecular weight excluding hydrogens is 286 g/mol. The molecule has 0 bridgehead atoms. The lowest BCUT2D eigenvalue weighted by molar-refractivity contribution is -0.137. The van der Waals surface area contributed by atoms with Crippen LogP contribution in [0.1, 0.15) is 5.56 Å². The van der Waals surface area contributed by atoms with Crippen molar-refractivity contribution in [1.29, 1.82) is 0 Å². The molecule has 0 fully saturated rings. The lowest BCUT2D eigenvalue weighted by Crippen LogP contribution is -2.39. The third-order valence-electron chi connectivity index (χ3n) is 2.38. The number of Topliss-reactive ketones (excluding diaryl/α,β-unsaturated/α-hetero) is 1. The second-order valence-corrected chi connectivity index (χ2v) is 5.62. The van der Waals surface area contributed by atoms with Crippen LogP contribution in [0.2, 0.25) is 0 Å². The molecule has 0 aliphatic carbocycles. The molecule has 8 heteroatoms. The van der Waals surface area contributed by atoms with E-state index in [4.69, 9.17) is 4.55 Å². The SMILES string of the molecule is COC(C(=O)CS(=O)(=O)O)C(=O)Nc1cccc(C)c1. The summed E-state index contributed by atoms with van der Waals surface area (Å²) in [5, 5.41) is 2.44. The minimum atomic E-state index is -4.50. The Kier molecular flexibility index (Phi) is 5.37. The summed E-state index contributed by atoms with van der Waals surface area (Å²) < 4.78 is 34.6. The van der Waals surface area contributed by atoms with Crippen LogP contribution in [0.5, 0.6) is 0 Å². The van der Waals surface area contributed by atoms with Crippen molar-refractivity contribution in [3.05, 3.63) is 29.8 Å². The predicted molar refractivity (Wildman–Crippen MR) is 72.0 cm³/mol. The number of benzene rings is 1. The van der Waals surface area contributed by atoms with E-state index in [1.165, 1.54) is 0 Å². The van der Waals surface area contributed by atoms with Crippen molar-refractivity contribution < 1.29 is 27.3 Å². The highest BCUT2D eigenvalue weighted by Gasteiger charge is 2.29. The molecule has 1 rings (SSSR count). The summed E-state index contributed by atoms with van der Waals surface area (Å²) in [5.41, 5.74) is 1.36. The van der Waals surface area contributed by atoms with Crippen LogP contribution in [0, 0.1) is 6.92 Å². The Balaban J connectivity index is 2.80. The Bertz CT molecular complexity index is 610. The lowest BCUT2D eigenvalue weighted by Gasteiger charge is -2.13. The van der Waals surface area contributed by atoms with Gasteiger partial charge in [-0.25, -0.2) is 0 Å². The van der Waals surface area contributed by atoms with E-state index in [0.717, 1.165) is 12.7 Å². The van der Waals surface area contributed by atoms with Gasteiger partial charge in [-0.05, 0) is 24.6 Å². The van der Waals surface area contributed by atoms with Crippen LogP contribution in [0.3, 0.4) is 0 Å². The molecule has 0 aliphatic rings. The smallest absolute Gasteiger partial charge is 0.272 e. The summed E-state index contributed by atoms with van der Waals surface area (Å²) in [4.78, 5) is 23.4. The molecule has 1 atom stereocenters. The summed E-state index contributed by atoms with van der Waals surface area (Å²) >= 11 is 0. The van der Waals surface area contributed by atoms with Crippen LogP contribution in [-0.4, -0.2) is 43.6 Å². The first-order valence-corrected chi connectivity index (χ1v) is 7.22. The van der Waals surface area contributed by atoms with Crippen molar-refractivity contribution in [2.75, 3.05) is 18.2 Å². The van der Waals surface area contributed by atoms with Gasteiger partial charge >= 0.3 is 0 Å². The van der Waals surface area contributed by atoms with E-state index in [1.807, 2.05) is 13.0 Å². The third-order valence-corrected chi connectivity index (χ3v) is 3.03. The molecule has 0 aliphatic heterocycles. The molecule has 110 valence electrons. The highest BCUT2D eigenvalue weighted by Crippen LogP contribution is 2.10. The molecule has 1 aromatic rings. The number of carbonyl (C=O) groups is 2. The maximum atomic E-state index is 11.8. The Morgan fingerprint density at radius 3 is 2.55 bits per heavy atom. The number of rotatable bonds is 6. The number of carbonyl (C=O) groups excluding carboxylic acids is 2. The van der Waals surface area contributed by atoms with Crippen LogP contribution in [0.15, 0.2) is 24.3 Å². The highest BCUT2D eigenvalue weighted by atomic mass is 32.2. The number of anilines is 1. The molecule has 0 aromatic heterocycles. The molecule has 7 nitrogen and oxygen atoms in total. The first kappa shape index (κ1) is 16.3. The Hall–Kier alpha value is -1.77. The van der Waals surface area contributed by atoms with E-state index in [-0.39, 0.29) is 0 Å². The Labute approximate surface area is 116 Å². The molecule has 0 saturated carbocycles.